The highest BCUT2D eigenvalue weighted by Gasteiger charge is 2.34. The predicted molar refractivity (Wildman–Crippen MR) is 124 cm³/mol. The Hall–Kier alpha value is -2.13. The molecule has 1 atom stereocenters. The molecule has 1 aliphatic carbocycles. The summed E-state index contributed by atoms with van der Waals surface area (Å²) in [4.78, 5) is 26.1. The highest BCUT2D eigenvalue weighted by Crippen LogP contribution is 2.39. The van der Waals surface area contributed by atoms with Gasteiger partial charge in [0.15, 0.2) is 5.13 Å². The van der Waals surface area contributed by atoms with Crippen molar-refractivity contribution >= 4 is 22.4 Å². The van der Waals surface area contributed by atoms with E-state index in [1.54, 1.807) is 6.20 Å². The number of anilines is 1. The van der Waals surface area contributed by atoms with Crippen molar-refractivity contribution in [1.82, 2.24) is 20.2 Å². The Balaban J connectivity index is 1.11. The van der Waals surface area contributed by atoms with Crippen LogP contribution < -0.4 is 10.2 Å². The second kappa shape index (κ2) is 10.0. The van der Waals surface area contributed by atoms with Crippen LogP contribution in [0.25, 0.3) is 0 Å². The molecular weight excluding hydrogens is 444 g/mol. The van der Waals surface area contributed by atoms with Crippen molar-refractivity contribution in [1.29, 1.82) is 0 Å². The van der Waals surface area contributed by atoms with Gasteiger partial charge in [0, 0.05) is 31.7 Å². The second-order valence-electron chi connectivity index (χ2n) is 9.58. The van der Waals surface area contributed by atoms with E-state index in [1.165, 1.54) is 56.5 Å². The Labute approximate surface area is 197 Å². The van der Waals surface area contributed by atoms with Crippen molar-refractivity contribution < 1.29 is 13.6 Å². The molecular formula is C24H31F2N5OS. The number of piperidine rings is 2. The number of rotatable bonds is 6. The maximum atomic E-state index is 13.7. The van der Waals surface area contributed by atoms with Crippen LogP contribution in [-0.2, 0) is 6.54 Å². The fraction of sp³-hybridized carbons (Fsp3) is 0.625. The molecule has 1 amide bonds. The third-order valence-electron chi connectivity index (χ3n) is 7.57. The fourth-order valence-electron chi connectivity index (χ4n) is 5.43. The quantitative estimate of drug-likeness (QED) is 0.678. The van der Waals surface area contributed by atoms with Crippen molar-refractivity contribution in [2.24, 2.45) is 11.8 Å². The number of hydrogen-bond acceptors (Lipinski definition) is 6. The van der Waals surface area contributed by atoms with Crippen LogP contribution in [0.5, 0.6) is 0 Å². The average molecular weight is 476 g/mol. The van der Waals surface area contributed by atoms with Crippen LogP contribution in [0.3, 0.4) is 0 Å². The van der Waals surface area contributed by atoms with Crippen LogP contribution in [0, 0.1) is 23.5 Å². The number of hydrogen-bond donors (Lipinski definition) is 1. The molecule has 6 nitrogen and oxygen atoms in total. The molecule has 1 unspecified atom stereocenters. The number of amides is 1. The van der Waals surface area contributed by atoms with E-state index in [0.717, 1.165) is 55.2 Å². The van der Waals surface area contributed by atoms with Crippen LogP contribution in [0.1, 0.15) is 60.3 Å². The molecule has 0 aromatic carbocycles. The molecule has 2 aromatic heterocycles. The van der Waals surface area contributed by atoms with Crippen LogP contribution in [-0.4, -0.2) is 53.0 Å². The van der Waals surface area contributed by atoms with Crippen molar-refractivity contribution in [3.05, 3.63) is 40.7 Å². The molecule has 178 valence electrons. The van der Waals surface area contributed by atoms with Gasteiger partial charge in [0.2, 0.25) is 0 Å². The first-order valence-corrected chi connectivity index (χ1v) is 12.9. The van der Waals surface area contributed by atoms with E-state index >= 15 is 0 Å². The first-order chi connectivity index (χ1) is 16.1. The van der Waals surface area contributed by atoms with Gasteiger partial charge in [0.05, 0.1) is 24.6 Å². The molecule has 1 N–H and O–H groups in total. The summed E-state index contributed by atoms with van der Waals surface area (Å²) in [5, 5.41) is 3.50. The van der Waals surface area contributed by atoms with Gasteiger partial charge in [-0.15, -0.1) is 0 Å². The lowest BCUT2D eigenvalue weighted by atomic mass is 9.72. The molecule has 5 rings (SSSR count). The summed E-state index contributed by atoms with van der Waals surface area (Å²) < 4.78 is 26.7. The Kier molecular flexibility index (Phi) is 6.87. The van der Waals surface area contributed by atoms with Gasteiger partial charge in [-0.25, -0.2) is 13.8 Å². The molecule has 3 aliphatic rings. The largest absolute Gasteiger partial charge is 0.348 e. The average Bonchev–Trinajstić information content (AvgIpc) is 3.28. The summed E-state index contributed by atoms with van der Waals surface area (Å²) >= 11 is 1.36. The van der Waals surface area contributed by atoms with E-state index in [2.05, 4.69) is 25.1 Å². The van der Waals surface area contributed by atoms with E-state index in [1.807, 2.05) is 0 Å². The summed E-state index contributed by atoms with van der Waals surface area (Å²) in [6, 6.07) is 1.42. The topological polar surface area (TPSA) is 61.4 Å². The van der Waals surface area contributed by atoms with Crippen LogP contribution in [0.4, 0.5) is 13.9 Å². The van der Waals surface area contributed by atoms with Crippen molar-refractivity contribution in [2.75, 3.05) is 31.1 Å². The van der Waals surface area contributed by atoms with E-state index in [4.69, 9.17) is 0 Å². The maximum absolute atomic E-state index is 13.7. The Morgan fingerprint density at radius 2 is 1.82 bits per heavy atom. The van der Waals surface area contributed by atoms with E-state index in [-0.39, 0.29) is 18.1 Å². The number of nitrogens with one attached hydrogen (secondary N) is 1. The van der Waals surface area contributed by atoms with E-state index in [0.29, 0.717) is 10.9 Å². The minimum Gasteiger partial charge on any atom is -0.348 e. The molecule has 4 heterocycles. The zero-order valence-corrected chi connectivity index (χ0v) is 19.6. The number of carbonyl (C=O) groups excluding carboxylic acids is 1. The Morgan fingerprint density at radius 1 is 1.03 bits per heavy atom. The molecule has 3 fully saturated rings. The summed E-state index contributed by atoms with van der Waals surface area (Å²) in [7, 11) is 0. The van der Waals surface area contributed by atoms with Crippen molar-refractivity contribution in [3.63, 3.8) is 0 Å². The lowest BCUT2D eigenvalue weighted by Gasteiger charge is -2.45. The molecule has 9 heteroatoms. The third kappa shape index (κ3) is 5.19. The number of thiazole rings is 1. The first kappa shape index (κ1) is 22.7. The summed E-state index contributed by atoms with van der Waals surface area (Å²) in [6.45, 7) is 4.32. The lowest BCUT2D eigenvalue weighted by Crippen LogP contribution is -2.50. The van der Waals surface area contributed by atoms with Gasteiger partial charge >= 0.3 is 0 Å². The number of pyridine rings is 1. The SMILES string of the molecule is O=C(NCc1ncc(F)cc1F)c1cnc(N2CCC(N3CCCC(C4CCC4)C3)CC2)s1. The Morgan fingerprint density at radius 3 is 2.55 bits per heavy atom. The first-order valence-electron chi connectivity index (χ1n) is 12.1. The molecule has 33 heavy (non-hydrogen) atoms. The number of halogens is 2. The van der Waals surface area contributed by atoms with Gasteiger partial charge < -0.3 is 10.2 Å². The highest BCUT2D eigenvalue weighted by molar-refractivity contribution is 7.17. The van der Waals surface area contributed by atoms with Crippen LogP contribution >= 0.6 is 11.3 Å². The minimum absolute atomic E-state index is 0.00817. The number of aromatic nitrogens is 2. The zero-order valence-electron chi connectivity index (χ0n) is 18.8. The van der Waals surface area contributed by atoms with Crippen molar-refractivity contribution in [3.8, 4) is 0 Å². The van der Waals surface area contributed by atoms with Gasteiger partial charge in [-0.05, 0) is 44.1 Å². The number of likely N-dealkylation sites (tertiary alicyclic amines) is 1. The van der Waals surface area contributed by atoms with E-state index < -0.39 is 11.6 Å². The van der Waals surface area contributed by atoms with E-state index in [9.17, 15) is 13.6 Å². The Bertz CT molecular complexity index is 974. The van der Waals surface area contributed by atoms with Gasteiger partial charge in [-0.1, -0.05) is 30.6 Å². The maximum Gasteiger partial charge on any atom is 0.263 e. The standard InChI is InChI=1S/C24H31F2N5OS/c25-18-11-20(26)21(27-12-18)13-28-23(32)22-14-29-24(33-22)30-9-6-19(7-10-30)31-8-2-5-17(15-31)16-3-1-4-16/h11-12,14,16-17,19H,1-10,13,15H2,(H,28,32). The van der Waals surface area contributed by atoms with Gasteiger partial charge in [-0.3, -0.25) is 14.7 Å². The molecule has 1 saturated carbocycles. The van der Waals surface area contributed by atoms with Gasteiger partial charge in [0.1, 0.15) is 16.5 Å². The zero-order chi connectivity index (χ0) is 22.8. The smallest absolute Gasteiger partial charge is 0.263 e. The summed E-state index contributed by atoms with van der Waals surface area (Å²) in [6.07, 6.45) is 11.8. The third-order valence-corrected chi connectivity index (χ3v) is 8.63. The second-order valence-corrected chi connectivity index (χ2v) is 10.6. The molecule has 2 saturated heterocycles. The number of nitrogens with zero attached hydrogens (tertiary/aromatic N) is 4. The fourth-order valence-corrected chi connectivity index (χ4v) is 6.31. The molecule has 0 bridgehead atoms. The monoisotopic (exact) mass is 475 g/mol. The van der Waals surface area contributed by atoms with Crippen LogP contribution in [0.2, 0.25) is 0 Å². The van der Waals surface area contributed by atoms with Crippen molar-refractivity contribution in [2.45, 2.75) is 57.5 Å². The molecule has 2 aromatic rings. The molecule has 2 aliphatic heterocycles. The van der Waals surface area contributed by atoms with Gasteiger partial charge in [0.25, 0.3) is 5.91 Å². The van der Waals surface area contributed by atoms with Crippen LogP contribution in [0.15, 0.2) is 18.5 Å². The highest BCUT2D eigenvalue weighted by atomic mass is 32.1. The van der Waals surface area contributed by atoms with Gasteiger partial charge in [-0.2, -0.15) is 0 Å². The summed E-state index contributed by atoms with van der Waals surface area (Å²) in [5.74, 6) is 0.0505. The minimum atomic E-state index is -0.768. The molecule has 0 spiro atoms. The lowest BCUT2D eigenvalue weighted by molar-refractivity contribution is 0.0590. The number of carbonyl (C=O) groups is 1. The summed E-state index contributed by atoms with van der Waals surface area (Å²) in [5.41, 5.74) is 0.00817. The normalized spacial score (nSPS) is 22.8. The molecule has 0 radical (unpaired) electrons. The predicted octanol–water partition coefficient (Wildman–Crippen LogP) is 4.23.